The van der Waals surface area contributed by atoms with E-state index in [9.17, 15) is 25.4 Å². The fourth-order valence-corrected chi connectivity index (χ4v) is 3.29. The Morgan fingerprint density at radius 2 is 2.07 bits per heavy atom. The zero-order chi connectivity index (χ0) is 20.6. The van der Waals surface area contributed by atoms with Gasteiger partial charge in [-0.1, -0.05) is 18.2 Å². The molecule has 10 nitrogen and oxygen atoms in total. The van der Waals surface area contributed by atoms with Gasteiger partial charge in [-0.15, -0.1) is 0 Å². The number of nitrogens with one attached hydrogen (secondary N) is 1. The SMILES string of the molecule is N#CC1(CO)O[C@@H](c2cc3ncnc(NC(=O)c4ccccc4)n3c2)[C@@H](O)[C@@H]1O. The number of nitriles is 1. The van der Waals surface area contributed by atoms with Crippen molar-refractivity contribution in [3.63, 3.8) is 0 Å². The van der Waals surface area contributed by atoms with E-state index < -0.39 is 30.5 Å². The maximum Gasteiger partial charge on any atom is 0.257 e. The van der Waals surface area contributed by atoms with Gasteiger partial charge in [0.2, 0.25) is 11.5 Å². The zero-order valence-electron chi connectivity index (χ0n) is 15.0. The first-order valence-electron chi connectivity index (χ1n) is 8.74. The molecule has 1 saturated heterocycles. The molecule has 1 aromatic carbocycles. The highest BCUT2D eigenvalue weighted by molar-refractivity contribution is 6.03. The Morgan fingerprint density at radius 1 is 1.31 bits per heavy atom. The molecule has 1 aliphatic rings. The first-order valence-corrected chi connectivity index (χ1v) is 8.74. The van der Waals surface area contributed by atoms with Gasteiger partial charge in [-0.05, 0) is 18.2 Å². The van der Waals surface area contributed by atoms with E-state index in [2.05, 4.69) is 15.3 Å². The lowest BCUT2D eigenvalue weighted by molar-refractivity contribution is -0.0735. The second-order valence-corrected chi connectivity index (χ2v) is 6.65. The molecule has 1 aliphatic heterocycles. The number of carbonyl (C=O) groups is 1. The van der Waals surface area contributed by atoms with Crippen LogP contribution in [-0.2, 0) is 4.74 Å². The maximum absolute atomic E-state index is 12.4. The van der Waals surface area contributed by atoms with Gasteiger partial charge in [-0.3, -0.25) is 14.5 Å². The number of benzene rings is 1. The number of nitrogens with zero attached hydrogens (tertiary/aromatic N) is 4. The largest absolute Gasteiger partial charge is 0.392 e. The van der Waals surface area contributed by atoms with Crippen LogP contribution >= 0.6 is 0 Å². The van der Waals surface area contributed by atoms with E-state index in [1.807, 2.05) is 0 Å². The molecule has 3 aromatic rings. The van der Waals surface area contributed by atoms with Crippen molar-refractivity contribution in [1.29, 1.82) is 5.26 Å². The molecule has 1 fully saturated rings. The van der Waals surface area contributed by atoms with Crippen LogP contribution < -0.4 is 5.32 Å². The third-order valence-electron chi connectivity index (χ3n) is 4.88. The summed E-state index contributed by atoms with van der Waals surface area (Å²) in [7, 11) is 0. The number of amides is 1. The van der Waals surface area contributed by atoms with Gasteiger partial charge in [0.15, 0.2) is 0 Å². The van der Waals surface area contributed by atoms with Crippen LogP contribution in [-0.4, -0.2) is 60.0 Å². The molecule has 2 aromatic heterocycles. The Kier molecular flexibility index (Phi) is 4.73. The van der Waals surface area contributed by atoms with E-state index >= 15 is 0 Å². The third-order valence-corrected chi connectivity index (χ3v) is 4.88. The molecule has 1 unspecified atom stereocenters. The van der Waals surface area contributed by atoms with Crippen LogP contribution in [0.1, 0.15) is 22.0 Å². The quantitative estimate of drug-likeness (QED) is 0.483. The van der Waals surface area contributed by atoms with Crippen LogP contribution in [0.3, 0.4) is 0 Å². The van der Waals surface area contributed by atoms with Crippen molar-refractivity contribution in [3.05, 3.63) is 60.0 Å². The van der Waals surface area contributed by atoms with Gasteiger partial charge in [0.05, 0.1) is 6.61 Å². The van der Waals surface area contributed by atoms with E-state index in [4.69, 9.17) is 4.74 Å². The number of aliphatic hydroxyl groups excluding tert-OH is 3. The number of anilines is 1. The number of carbonyl (C=O) groups excluding carboxylic acids is 1. The first-order chi connectivity index (χ1) is 14.0. The Hall–Kier alpha value is -3.36. The summed E-state index contributed by atoms with van der Waals surface area (Å²) in [4.78, 5) is 20.6. The van der Waals surface area contributed by atoms with E-state index in [1.165, 1.54) is 16.9 Å². The number of hydrogen-bond donors (Lipinski definition) is 4. The van der Waals surface area contributed by atoms with Gasteiger partial charge < -0.3 is 20.1 Å². The van der Waals surface area contributed by atoms with E-state index in [0.717, 1.165) is 0 Å². The molecule has 0 bridgehead atoms. The van der Waals surface area contributed by atoms with Crippen LogP contribution in [0.25, 0.3) is 5.65 Å². The summed E-state index contributed by atoms with van der Waals surface area (Å²) < 4.78 is 7.01. The van der Waals surface area contributed by atoms with Crippen LogP contribution in [0.15, 0.2) is 48.9 Å². The van der Waals surface area contributed by atoms with E-state index in [0.29, 0.717) is 16.8 Å². The highest BCUT2D eigenvalue weighted by Gasteiger charge is 2.55. The monoisotopic (exact) mass is 395 g/mol. The average molecular weight is 395 g/mol. The minimum atomic E-state index is -1.92. The number of ether oxygens (including phenoxy) is 1. The Bertz CT molecular complexity index is 1100. The maximum atomic E-state index is 12.4. The first kappa shape index (κ1) is 19.0. The van der Waals surface area contributed by atoms with Crippen molar-refractivity contribution in [2.75, 3.05) is 11.9 Å². The average Bonchev–Trinajstić information content (AvgIpc) is 3.29. The van der Waals surface area contributed by atoms with E-state index in [-0.39, 0.29) is 11.9 Å². The zero-order valence-corrected chi connectivity index (χ0v) is 15.0. The Balaban J connectivity index is 1.67. The summed E-state index contributed by atoms with van der Waals surface area (Å²) in [5, 5.41) is 41.9. The molecule has 0 radical (unpaired) electrons. The normalized spacial score (nSPS) is 26.3. The predicted octanol–water partition coefficient (Wildman–Crippen LogP) is 0.0294. The van der Waals surface area contributed by atoms with Gasteiger partial charge in [0.25, 0.3) is 5.91 Å². The summed E-state index contributed by atoms with van der Waals surface area (Å²) >= 11 is 0. The van der Waals surface area contributed by atoms with Crippen molar-refractivity contribution in [2.24, 2.45) is 0 Å². The molecule has 4 atom stereocenters. The standard InChI is InChI=1S/C19H17N5O5/c20-8-19(9-25)16(27)14(26)15(29-19)12-6-13-21-10-22-18(24(13)7-12)23-17(28)11-4-2-1-3-5-11/h1-7,10,14-16,25-27H,9H2,(H,21,22,23,28)/t14-,15+,16+,19?/m1/s1. The van der Waals surface area contributed by atoms with Crippen LogP contribution in [0.4, 0.5) is 5.95 Å². The molecule has 3 heterocycles. The fourth-order valence-electron chi connectivity index (χ4n) is 3.29. The topological polar surface area (TPSA) is 153 Å². The Morgan fingerprint density at radius 3 is 2.72 bits per heavy atom. The lowest BCUT2D eigenvalue weighted by Gasteiger charge is -2.21. The second kappa shape index (κ2) is 7.23. The van der Waals surface area contributed by atoms with Crippen LogP contribution in [0.2, 0.25) is 0 Å². The van der Waals surface area contributed by atoms with Crippen molar-refractivity contribution < 1.29 is 24.9 Å². The van der Waals surface area contributed by atoms with Gasteiger partial charge >= 0.3 is 0 Å². The smallest absolute Gasteiger partial charge is 0.257 e. The number of fused-ring (bicyclic) bond motifs is 1. The minimum absolute atomic E-state index is 0.192. The summed E-state index contributed by atoms with van der Waals surface area (Å²) in [6.45, 7) is -0.774. The van der Waals surface area contributed by atoms with Crippen molar-refractivity contribution in [1.82, 2.24) is 14.4 Å². The second-order valence-electron chi connectivity index (χ2n) is 6.65. The van der Waals surface area contributed by atoms with Crippen molar-refractivity contribution >= 4 is 17.5 Å². The molecule has 29 heavy (non-hydrogen) atoms. The van der Waals surface area contributed by atoms with Gasteiger partial charge in [0.1, 0.15) is 36.4 Å². The van der Waals surface area contributed by atoms with Gasteiger partial charge in [-0.2, -0.15) is 5.26 Å². The number of aromatic nitrogens is 3. The molecule has 0 saturated carbocycles. The lowest BCUT2D eigenvalue weighted by Crippen LogP contribution is -2.44. The third kappa shape index (κ3) is 3.12. The van der Waals surface area contributed by atoms with Gasteiger partial charge in [-0.25, -0.2) is 9.97 Å². The minimum Gasteiger partial charge on any atom is -0.392 e. The fraction of sp³-hybridized carbons (Fsp3) is 0.263. The highest BCUT2D eigenvalue weighted by atomic mass is 16.6. The lowest BCUT2D eigenvalue weighted by atomic mass is 9.96. The van der Waals surface area contributed by atoms with Crippen LogP contribution in [0, 0.1) is 11.3 Å². The molecule has 1 amide bonds. The predicted molar refractivity (Wildman–Crippen MR) is 98.7 cm³/mol. The number of aliphatic hydroxyl groups is 3. The summed E-state index contributed by atoms with van der Waals surface area (Å²) in [6.07, 6.45) is -1.30. The molecule has 0 spiro atoms. The molecule has 4 N–H and O–H groups in total. The summed E-state index contributed by atoms with van der Waals surface area (Å²) in [6, 6.07) is 11.9. The number of hydrogen-bond acceptors (Lipinski definition) is 8. The highest BCUT2D eigenvalue weighted by Crippen LogP contribution is 2.40. The summed E-state index contributed by atoms with van der Waals surface area (Å²) in [5.41, 5.74) is -0.667. The van der Waals surface area contributed by atoms with Crippen molar-refractivity contribution in [3.8, 4) is 6.07 Å². The van der Waals surface area contributed by atoms with Gasteiger partial charge in [0, 0.05) is 17.3 Å². The molecule has 148 valence electrons. The Labute approximate surface area is 164 Å². The van der Waals surface area contributed by atoms with Crippen LogP contribution in [0.5, 0.6) is 0 Å². The van der Waals surface area contributed by atoms with Crippen molar-refractivity contribution in [2.45, 2.75) is 23.9 Å². The number of rotatable bonds is 4. The summed E-state index contributed by atoms with van der Waals surface area (Å²) in [5.74, 6) is -0.172. The molecule has 0 aliphatic carbocycles. The molecule has 10 heteroatoms. The van der Waals surface area contributed by atoms with E-state index in [1.54, 1.807) is 42.5 Å². The molecule has 4 rings (SSSR count). The molecular formula is C19H17N5O5. The molecular weight excluding hydrogens is 378 g/mol.